The molecule has 4 aromatic rings. The van der Waals surface area contributed by atoms with Crippen LogP contribution in [0.2, 0.25) is 0 Å². The van der Waals surface area contributed by atoms with Gasteiger partial charge in [0.2, 0.25) is 0 Å². The summed E-state index contributed by atoms with van der Waals surface area (Å²) < 4.78 is 16.1. The van der Waals surface area contributed by atoms with Gasteiger partial charge in [0.15, 0.2) is 0 Å². The van der Waals surface area contributed by atoms with Crippen molar-refractivity contribution < 1.29 is 14.2 Å². The number of para-hydroxylation sites is 5. The Labute approximate surface area is 232 Å². The van der Waals surface area contributed by atoms with E-state index in [1.807, 2.05) is 54.6 Å². The third kappa shape index (κ3) is 7.70. The molecule has 0 saturated heterocycles. The molecule has 2 N–H and O–H groups in total. The van der Waals surface area contributed by atoms with E-state index in [0.717, 1.165) is 68.7 Å². The number of rotatable bonds is 0. The second kappa shape index (κ2) is 14.1. The first kappa shape index (κ1) is 26.5. The summed E-state index contributed by atoms with van der Waals surface area (Å²) in [5, 5.41) is 6.60. The zero-order valence-corrected chi connectivity index (χ0v) is 22.5. The Morgan fingerprint density at radius 1 is 0.410 bits per heavy atom. The first-order valence-corrected chi connectivity index (χ1v) is 14.1. The van der Waals surface area contributed by atoms with Gasteiger partial charge in [-0.2, -0.15) is 0 Å². The third-order valence-corrected chi connectivity index (χ3v) is 6.94. The lowest BCUT2D eigenvalue weighted by Crippen LogP contribution is -2.17. The molecule has 4 heterocycles. The maximum Gasteiger partial charge on any atom is 0.142 e. The van der Waals surface area contributed by atoms with Gasteiger partial charge < -0.3 is 24.8 Å². The molecule has 5 heteroatoms. The number of aryl methyl sites for hydroxylation is 2. The van der Waals surface area contributed by atoms with E-state index in [9.17, 15) is 0 Å². The van der Waals surface area contributed by atoms with Crippen LogP contribution >= 0.6 is 0 Å². The summed E-state index contributed by atoms with van der Waals surface area (Å²) in [5.41, 5.74) is 6.60. The van der Waals surface area contributed by atoms with Crippen LogP contribution in [0.15, 0.2) is 97.1 Å². The van der Waals surface area contributed by atoms with Crippen molar-refractivity contribution in [1.82, 2.24) is 0 Å². The molecular formula is C34H38N2O3. The average Bonchev–Trinajstić information content (AvgIpc) is 3.51. The van der Waals surface area contributed by atoms with Crippen molar-refractivity contribution in [2.24, 2.45) is 0 Å². The second-order valence-electron chi connectivity index (χ2n) is 9.72. The fraction of sp³-hybridized carbons (Fsp3) is 0.294. The highest BCUT2D eigenvalue weighted by Crippen LogP contribution is 2.26. The molecule has 0 aliphatic carbocycles. The van der Waals surface area contributed by atoms with Crippen LogP contribution in [0, 0.1) is 0 Å². The number of nitrogens with one attached hydrogen (secondary N) is 2. The van der Waals surface area contributed by atoms with Gasteiger partial charge in [0.25, 0.3) is 0 Å². The molecule has 4 aliphatic rings. The zero-order valence-electron chi connectivity index (χ0n) is 22.5. The minimum absolute atomic E-state index is 0.775. The summed E-state index contributed by atoms with van der Waals surface area (Å²) in [5.74, 6) is 3.11. The smallest absolute Gasteiger partial charge is 0.142 e. The van der Waals surface area contributed by atoms with Crippen molar-refractivity contribution in [3.63, 3.8) is 0 Å². The molecule has 5 nitrogen and oxygen atoms in total. The van der Waals surface area contributed by atoms with Gasteiger partial charge in [-0.15, -0.1) is 0 Å². The SMILES string of the molecule is c1ccc2c(c1)CCCN2.c1ccc2c(c1)CCCO2.c1ccc2c(c1)CCO2.c1ccc2c(c1)NCCO2. The van der Waals surface area contributed by atoms with Crippen LogP contribution in [-0.2, 0) is 19.3 Å². The van der Waals surface area contributed by atoms with Crippen LogP contribution in [0.4, 0.5) is 11.4 Å². The van der Waals surface area contributed by atoms with E-state index in [1.54, 1.807) is 0 Å². The Bertz CT molecular complexity index is 1100. The van der Waals surface area contributed by atoms with E-state index in [-0.39, 0.29) is 0 Å². The van der Waals surface area contributed by atoms with Crippen LogP contribution < -0.4 is 24.8 Å². The average molecular weight is 523 g/mol. The molecule has 0 aromatic heterocycles. The van der Waals surface area contributed by atoms with Crippen LogP contribution in [-0.4, -0.2) is 32.9 Å². The molecule has 0 atom stereocenters. The van der Waals surface area contributed by atoms with Gasteiger partial charge in [0.1, 0.15) is 23.9 Å². The first-order valence-electron chi connectivity index (χ1n) is 14.1. The fourth-order valence-electron chi connectivity index (χ4n) is 4.92. The Morgan fingerprint density at radius 3 is 1.64 bits per heavy atom. The van der Waals surface area contributed by atoms with E-state index < -0.39 is 0 Å². The van der Waals surface area contributed by atoms with Crippen molar-refractivity contribution >= 4 is 11.4 Å². The maximum atomic E-state index is 5.42. The second-order valence-corrected chi connectivity index (χ2v) is 9.72. The first-order chi connectivity index (χ1) is 19.4. The quantitative estimate of drug-likeness (QED) is 0.256. The highest BCUT2D eigenvalue weighted by molar-refractivity contribution is 5.57. The Balaban J connectivity index is 0.000000105. The largest absolute Gasteiger partial charge is 0.493 e. The summed E-state index contributed by atoms with van der Waals surface area (Å²) >= 11 is 0. The summed E-state index contributed by atoms with van der Waals surface area (Å²) in [7, 11) is 0. The summed E-state index contributed by atoms with van der Waals surface area (Å²) in [4.78, 5) is 0. The molecule has 0 radical (unpaired) electrons. The van der Waals surface area contributed by atoms with Crippen LogP contribution in [0.1, 0.15) is 29.5 Å². The minimum atomic E-state index is 0.775. The van der Waals surface area contributed by atoms with Gasteiger partial charge in [-0.3, -0.25) is 0 Å². The Morgan fingerprint density at radius 2 is 0.949 bits per heavy atom. The summed E-state index contributed by atoms with van der Waals surface area (Å²) in [6, 6.07) is 32.9. The molecule has 39 heavy (non-hydrogen) atoms. The van der Waals surface area contributed by atoms with E-state index in [2.05, 4.69) is 53.1 Å². The van der Waals surface area contributed by atoms with Crippen LogP contribution in [0.25, 0.3) is 0 Å². The van der Waals surface area contributed by atoms with Crippen molar-refractivity contribution in [2.45, 2.75) is 32.1 Å². The number of anilines is 2. The van der Waals surface area contributed by atoms with Crippen LogP contribution in [0.5, 0.6) is 17.2 Å². The molecule has 0 unspecified atom stereocenters. The molecule has 8 rings (SSSR count). The number of hydrogen-bond donors (Lipinski definition) is 2. The number of ether oxygens (including phenoxy) is 3. The lowest BCUT2D eigenvalue weighted by atomic mass is 10.0. The summed E-state index contributed by atoms with van der Waals surface area (Å²) in [6.07, 6.45) is 5.93. The molecule has 4 aliphatic heterocycles. The molecule has 0 spiro atoms. The van der Waals surface area contributed by atoms with E-state index in [0.29, 0.717) is 0 Å². The minimum Gasteiger partial charge on any atom is -0.493 e. The lowest BCUT2D eigenvalue weighted by Gasteiger charge is -2.17. The Hall–Kier alpha value is -4.12. The molecule has 202 valence electrons. The van der Waals surface area contributed by atoms with Gasteiger partial charge in [-0.1, -0.05) is 66.7 Å². The predicted octanol–water partition coefficient (Wildman–Crippen LogP) is 7.17. The monoisotopic (exact) mass is 522 g/mol. The van der Waals surface area contributed by atoms with Crippen molar-refractivity contribution in [3.05, 3.63) is 114 Å². The van der Waals surface area contributed by atoms with Crippen LogP contribution in [0.3, 0.4) is 0 Å². The number of benzene rings is 4. The van der Waals surface area contributed by atoms with E-state index in [4.69, 9.17) is 14.2 Å². The van der Waals surface area contributed by atoms with Gasteiger partial charge in [-0.05, 0) is 72.7 Å². The molecule has 0 saturated carbocycles. The molecule has 4 aromatic carbocycles. The molecule has 0 bridgehead atoms. The van der Waals surface area contributed by atoms with Gasteiger partial charge in [-0.25, -0.2) is 0 Å². The number of fused-ring (bicyclic) bond motifs is 4. The van der Waals surface area contributed by atoms with Gasteiger partial charge in [0.05, 0.1) is 18.9 Å². The fourth-order valence-corrected chi connectivity index (χ4v) is 4.92. The normalized spacial score (nSPS) is 15.2. The maximum absolute atomic E-state index is 5.42. The van der Waals surface area contributed by atoms with Crippen molar-refractivity contribution in [1.29, 1.82) is 0 Å². The van der Waals surface area contributed by atoms with Crippen molar-refractivity contribution in [3.8, 4) is 17.2 Å². The van der Waals surface area contributed by atoms with Gasteiger partial charge in [0, 0.05) is 25.2 Å². The highest BCUT2D eigenvalue weighted by Gasteiger charge is 2.09. The number of hydrogen-bond acceptors (Lipinski definition) is 5. The van der Waals surface area contributed by atoms with Crippen molar-refractivity contribution in [2.75, 3.05) is 43.5 Å². The van der Waals surface area contributed by atoms with Gasteiger partial charge >= 0.3 is 0 Å². The summed E-state index contributed by atoms with van der Waals surface area (Å²) in [6.45, 7) is 4.57. The highest BCUT2D eigenvalue weighted by atomic mass is 16.5. The standard InChI is InChI=1S/C9H11N.C9H10O.C8H9NO.C8H8O/c2*1-2-6-9-8(4-1)5-3-7-10-9;1-2-4-8-7(3-1)9-5-6-10-8;1-2-4-8-7(3-1)5-6-9-8/h1-2,4,6,10H,3,5,7H2;1-2,4,6H,3,5,7H2;1-4,9H,5-6H2;1-4H,5-6H2. The van der Waals surface area contributed by atoms with E-state index >= 15 is 0 Å². The zero-order chi connectivity index (χ0) is 26.5. The topological polar surface area (TPSA) is 51.8 Å². The predicted molar refractivity (Wildman–Crippen MR) is 160 cm³/mol. The molecule has 0 fully saturated rings. The molecular weight excluding hydrogens is 484 g/mol. The van der Waals surface area contributed by atoms with E-state index in [1.165, 1.54) is 41.6 Å². The molecule has 0 amide bonds. The third-order valence-electron chi connectivity index (χ3n) is 6.94. The Kier molecular flexibility index (Phi) is 9.61. The lowest BCUT2D eigenvalue weighted by molar-refractivity contribution is 0.288.